The first-order valence-corrected chi connectivity index (χ1v) is 4.28. The third-order valence-corrected chi connectivity index (χ3v) is 1.45. The van der Waals surface area contributed by atoms with Crippen molar-refractivity contribution in [3.05, 3.63) is 0 Å². The minimum Gasteiger partial charge on any atom is -0.381 e. The zero-order valence-corrected chi connectivity index (χ0v) is 7.51. The van der Waals surface area contributed by atoms with Crippen molar-refractivity contribution in [2.75, 3.05) is 13.2 Å². The minimum absolute atomic E-state index is 0.627. The fourth-order valence-corrected chi connectivity index (χ4v) is 0.690. The van der Waals surface area contributed by atoms with Gasteiger partial charge in [0, 0.05) is 19.6 Å². The van der Waals surface area contributed by atoms with E-state index >= 15 is 0 Å². The molecule has 0 aliphatic carbocycles. The summed E-state index contributed by atoms with van der Waals surface area (Å²) in [5.74, 6) is 0.709. The second-order valence-corrected chi connectivity index (χ2v) is 3.10. The zero-order valence-electron chi connectivity index (χ0n) is 7.51. The van der Waals surface area contributed by atoms with Gasteiger partial charge in [0.15, 0.2) is 0 Å². The van der Waals surface area contributed by atoms with Gasteiger partial charge in [0.25, 0.3) is 0 Å². The fourth-order valence-electron chi connectivity index (χ4n) is 0.690. The van der Waals surface area contributed by atoms with E-state index in [4.69, 9.17) is 4.74 Å². The maximum atomic E-state index is 9.89. The van der Waals surface area contributed by atoms with Crippen LogP contribution in [0.2, 0.25) is 0 Å². The summed E-state index contributed by atoms with van der Waals surface area (Å²) < 4.78 is 5.29. The molecule has 0 aromatic carbocycles. The molecule has 66 valence electrons. The first kappa shape index (κ1) is 10.6. The number of rotatable bonds is 7. The van der Waals surface area contributed by atoms with Gasteiger partial charge < -0.3 is 9.53 Å². The Labute approximate surface area is 68.9 Å². The summed E-state index contributed by atoms with van der Waals surface area (Å²) >= 11 is 0. The third kappa shape index (κ3) is 9.63. The highest BCUT2D eigenvalue weighted by molar-refractivity contribution is 5.48. The number of carbonyl (C=O) groups excluding carboxylic acids is 1. The molecule has 0 aliphatic rings. The first-order chi connectivity index (χ1) is 5.27. The van der Waals surface area contributed by atoms with Crippen LogP contribution >= 0.6 is 0 Å². The quantitative estimate of drug-likeness (QED) is 0.418. The van der Waals surface area contributed by atoms with Gasteiger partial charge in [0.1, 0.15) is 6.29 Å². The van der Waals surface area contributed by atoms with Crippen LogP contribution in [0.5, 0.6) is 0 Å². The number of hydrogen-bond donors (Lipinski definition) is 0. The summed E-state index contributed by atoms with van der Waals surface area (Å²) in [4.78, 5) is 9.89. The molecule has 0 unspecified atom stereocenters. The second-order valence-electron chi connectivity index (χ2n) is 3.10. The lowest BCUT2D eigenvalue weighted by Crippen LogP contribution is -2.00. The van der Waals surface area contributed by atoms with Crippen LogP contribution in [0.3, 0.4) is 0 Å². The molecule has 0 N–H and O–H groups in total. The van der Waals surface area contributed by atoms with E-state index in [0.29, 0.717) is 12.3 Å². The van der Waals surface area contributed by atoms with Crippen LogP contribution in [0.25, 0.3) is 0 Å². The Morgan fingerprint density at radius 3 is 2.64 bits per heavy atom. The largest absolute Gasteiger partial charge is 0.381 e. The molecular weight excluding hydrogens is 140 g/mol. The normalized spacial score (nSPS) is 10.5. The van der Waals surface area contributed by atoms with E-state index in [2.05, 4.69) is 13.8 Å². The summed E-state index contributed by atoms with van der Waals surface area (Å²) in [7, 11) is 0. The van der Waals surface area contributed by atoms with E-state index in [1.54, 1.807) is 0 Å². The van der Waals surface area contributed by atoms with Gasteiger partial charge in [-0.05, 0) is 18.8 Å². The van der Waals surface area contributed by atoms with Crippen molar-refractivity contribution >= 4 is 6.29 Å². The second kappa shape index (κ2) is 7.73. The van der Waals surface area contributed by atoms with Crippen LogP contribution < -0.4 is 0 Å². The van der Waals surface area contributed by atoms with Crippen LogP contribution in [-0.2, 0) is 9.53 Å². The van der Waals surface area contributed by atoms with Gasteiger partial charge >= 0.3 is 0 Å². The van der Waals surface area contributed by atoms with Crippen molar-refractivity contribution in [2.24, 2.45) is 5.92 Å². The van der Waals surface area contributed by atoms with Gasteiger partial charge in [-0.25, -0.2) is 0 Å². The lowest BCUT2D eigenvalue weighted by Gasteiger charge is -2.04. The molecule has 0 saturated carbocycles. The van der Waals surface area contributed by atoms with E-state index in [1.165, 1.54) is 0 Å². The Morgan fingerprint density at radius 2 is 2.09 bits per heavy atom. The van der Waals surface area contributed by atoms with E-state index < -0.39 is 0 Å². The molecule has 2 nitrogen and oxygen atoms in total. The first-order valence-electron chi connectivity index (χ1n) is 4.28. The number of hydrogen-bond acceptors (Lipinski definition) is 2. The lowest BCUT2D eigenvalue weighted by molar-refractivity contribution is -0.108. The monoisotopic (exact) mass is 158 g/mol. The molecule has 2 heteroatoms. The molecular formula is C9H18O2. The molecule has 11 heavy (non-hydrogen) atoms. The molecule has 0 radical (unpaired) electrons. The average molecular weight is 158 g/mol. The van der Waals surface area contributed by atoms with E-state index in [-0.39, 0.29) is 0 Å². The van der Waals surface area contributed by atoms with E-state index in [9.17, 15) is 4.79 Å². The van der Waals surface area contributed by atoms with Gasteiger partial charge in [-0.2, -0.15) is 0 Å². The van der Waals surface area contributed by atoms with Crippen molar-refractivity contribution in [3.63, 3.8) is 0 Å². The van der Waals surface area contributed by atoms with Gasteiger partial charge in [0.2, 0.25) is 0 Å². The molecule has 0 aromatic rings. The predicted octanol–water partition coefficient (Wildman–Crippen LogP) is 2.03. The van der Waals surface area contributed by atoms with Gasteiger partial charge in [0.05, 0.1) is 0 Å². The lowest BCUT2D eigenvalue weighted by atomic mass is 10.1. The molecule has 0 saturated heterocycles. The maximum Gasteiger partial charge on any atom is 0.120 e. The van der Waals surface area contributed by atoms with Crippen molar-refractivity contribution in [1.29, 1.82) is 0 Å². The Balaban J connectivity index is 2.85. The molecule has 0 aromatic heterocycles. The van der Waals surface area contributed by atoms with E-state index in [1.807, 2.05) is 0 Å². The van der Waals surface area contributed by atoms with Crippen molar-refractivity contribution < 1.29 is 9.53 Å². The highest BCUT2D eigenvalue weighted by Gasteiger charge is 1.93. The molecule has 0 bridgehead atoms. The molecule has 0 rings (SSSR count). The van der Waals surface area contributed by atoms with Crippen molar-refractivity contribution in [2.45, 2.75) is 33.1 Å². The summed E-state index contributed by atoms with van der Waals surface area (Å²) in [6, 6.07) is 0. The Bertz CT molecular complexity index is 89.6. The van der Waals surface area contributed by atoms with Crippen LogP contribution in [0.4, 0.5) is 0 Å². The van der Waals surface area contributed by atoms with Crippen LogP contribution in [-0.4, -0.2) is 19.5 Å². The highest BCUT2D eigenvalue weighted by atomic mass is 16.5. The maximum absolute atomic E-state index is 9.89. The average Bonchev–Trinajstić information content (AvgIpc) is 1.96. The standard InChI is InChI=1S/C9H18O2/c1-9(2)5-8-11-7-4-3-6-10/h6,9H,3-5,7-8H2,1-2H3. The fraction of sp³-hybridized carbons (Fsp3) is 0.889. The molecule has 0 aliphatic heterocycles. The third-order valence-electron chi connectivity index (χ3n) is 1.45. The van der Waals surface area contributed by atoms with Gasteiger partial charge in [-0.1, -0.05) is 13.8 Å². The summed E-state index contributed by atoms with van der Waals surface area (Å²) in [6.07, 6.45) is 3.54. The molecule has 0 atom stereocenters. The van der Waals surface area contributed by atoms with Gasteiger partial charge in [-0.3, -0.25) is 0 Å². The van der Waals surface area contributed by atoms with Crippen molar-refractivity contribution in [1.82, 2.24) is 0 Å². The molecule has 0 fully saturated rings. The molecule has 0 spiro atoms. The Morgan fingerprint density at radius 1 is 1.36 bits per heavy atom. The highest BCUT2D eigenvalue weighted by Crippen LogP contribution is 1.99. The van der Waals surface area contributed by atoms with Crippen LogP contribution in [0.15, 0.2) is 0 Å². The van der Waals surface area contributed by atoms with E-state index in [0.717, 1.165) is 32.3 Å². The van der Waals surface area contributed by atoms with Crippen LogP contribution in [0.1, 0.15) is 33.1 Å². The SMILES string of the molecule is CC(C)CCOCCCC=O. The molecule has 0 amide bonds. The predicted molar refractivity (Wildman–Crippen MR) is 45.6 cm³/mol. The smallest absolute Gasteiger partial charge is 0.120 e. The molecule has 0 heterocycles. The summed E-state index contributed by atoms with van der Waals surface area (Å²) in [6.45, 7) is 5.91. The number of ether oxygens (including phenoxy) is 1. The zero-order chi connectivity index (χ0) is 8.53. The summed E-state index contributed by atoms with van der Waals surface area (Å²) in [5, 5.41) is 0. The number of carbonyl (C=O) groups is 1. The summed E-state index contributed by atoms with van der Waals surface area (Å²) in [5.41, 5.74) is 0. The number of unbranched alkanes of at least 4 members (excludes halogenated alkanes) is 1. The minimum atomic E-state index is 0.627. The number of aldehydes is 1. The van der Waals surface area contributed by atoms with Crippen LogP contribution in [0, 0.1) is 5.92 Å². The van der Waals surface area contributed by atoms with Crippen molar-refractivity contribution in [3.8, 4) is 0 Å². The Kier molecular flexibility index (Phi) is 7.47. The topological polar surface area (TPSA) is 26.3 Å². The Hall–Kier alpha value is -0.370. The van der Waals surface area contributed by atoms with Gasteiger partial charge in [-0.15, -0.1) is 0 Å².